The highest BCUT2D eigenvalue weighted by atomic mass is 35.5. The molecular weight excluding hydrogens is 172 g/mol. The second-order valence-electron chi connectivity index (χ2n) is 3.01. The molecule has 1 unspecified atom stereocenters. The van der Waals surface area contributed by atoms with Gasteiger partial charge in [0.05, 0.1) is 11.6 Å². The maximum absolute atomic E-state index is 5.90. The summed E-state index contributed by atoms with van der Waals surface area (Å²) in [5.74, 6) is 0. The molecular formula is C9H15ClN2. The molecule has 0 saturated carbocycles. The molecule has 1 rings (SSSR count). The van der Waals surface area contributed by atoms with Crippen molar-refractivity contribution < 1.29 is 0 Å². The van der Waals surface area contributed by atoms with E-state index in [1.165, 1.54) is 12.8 Å². The smallest absolute Gasteiger partial charge is 0.0588 e. The van der Waals surface area contributed by atoms with Crippen molar-refractivity contribution in [2.24, 2.45) is 0 Å². The van der Waals surface area contributed by atoms with Crippen LogP contribution in [0.15, 0.2) is 12.4 Å². The minimum absolute atomic E-state index is 0.0698. The molecule has 0 aromatic carbocycles. The number of nitrogens with zero attached hydrogens (tertiary/aromatic N) is 2. The fourth-order valence-electron chi connectivity index (χ4n) is 1.03. The van der Waals surface area contributed by atoms with E-state index < -0.39 is 0 Å². The Labute approximate surface area is 78.5 Å². The maximum Gasteiger partial charge on any atom is 0.0588 e. The van der Waals surface area contributed by atoms with Crippen LogP contribution in [0.4, 0.5) is 0 Å². The molecule has 3 heteroatoms. The van der Waals surface area contributed by atoms with Crippen LogP contribution in [0.3, 0.4) is 0 Å². The van der Waals surface area contributed by atoms with Gasteiger partial charge in [0.15, 0.2) is 0 Å². The van der Waals surface area contributed by atoms with Crippen molar-refractivity contribution in [3.63, 3.8) is 0 Å². The van der Waals surface area contributed by atoms with Crippen LogP contribution in [0.2, 0.25) is 0 Å². The summed E-state index contributed by atoms with van der Waals surface area (Å²) >= 11 is 5.90. The summed E-state index contributed by atoms with van der Waals surface area (Å²) in [4.78, 5) is 0. The van der Waals surface area contributed by atoms with Crippen molar-refractivity contribution >= 4 is 11.6 Å². The summed E-state index contributed by atoms with van der Waals surface area (Å²) in [6.07, 6.45) is 6.24. The summed E-state index contributed by atoms with van der Waals surface area (Å²) in [6.45, 7) is 5.14. The molecule has 0 spiro atoms. The topological polar surface area (TPSA) is 17.8 Å². The Balaban J connectivity index is 2.52. The van der Waals surface area contributed by atoms with Crippen molar-refractivity contribution in [2.45, 2.75) is 38.6 Å². The zero-order chi connectivity index (χ0) is 8.97. The monoisotopic (exact) mass is 186 g/mol. The predicted molar refractivity (Wildman–Crippen MR) is 51.4 cm³/mol. The molecule has 1 atom stereocenters. The van der Waals surface area contributed by atoms with Gasteiger partial charge in [-0.15, -0.1) is 11.6 Å². The largest absolute Gasteiger partial charge is 0.272 e. The number of hydrogen-bond acceptors (Lipinski definition) is 1. The first-order valence-electron chi connectivity index (χ1n) is 4.40. The Morgan fingerprint density at radius 1 is 1.67 bits per heavy atom. The first-order valence-corrected chi connectivity index (χ1v) is 4.84. The number of alkyl halides is 1. The Morgan fingerprint density at radius 3 is 2.92 bits per heavy atom. The fourth-order valence-corrected chi connectivity index (χ4v) is 1.14. The molecule has 0 amide bonds. The molecule has 0 saturated heterocycles. The Hall–Kier alpha value is -0.500. The average Bonchev–Trinajstić information content (AvgIpc) is 2.48. The lowest BCUT2D eigenvalue weighted by Crippen LogP contribution is -1.97. The molecule has 2 nitrogen and oxygen atoms in total. The third-order valence-electron chi connectivity index (χ3n) is 1.85. The van der Waals surface area contributed by atoms with Crippen LogP contribution in [-0.4, -0.2) is 9.78 Å². The molecule has 0 fully saturated rings. The quantitative estimate of drug-likeness (QED) is 0.662. The SMILES string of the molecule is CCCCn1cc(C(C)Cl)cn1. The normalized spacial score (nSPS) is 13.2. The lowest BCUT2D eigenvalue weighted by atomic mass is 10.3. The summed E-state index contributed by atoms with van der Waals surface area (Å²) in [5.41, 5.74) is 1.10. The van der Waals surface area contributed by atoms with E-state index in [-0.39, 0.29) is 5.38 Å². The van der Waals surface area contributed by atoms with E-state index >= 15 is 0 Å². The van der Waals surface area contributed by atoms with E-state index in [0.717, 1.165) is 12.1 Å². The minimum Gasteiger partial charge on any atom is -0.272 e. The Kier molecular flexibility index (Phi) is 3.60. The van der Waals surface area contributed by atoms with Crippen LogP contribution in [0, 0.1) is 0 Å². The van der Waals surface area contributed by atoms with E-state index in [1.807, 2.05) is 24.0 Å². The van der Waals surface area contributed by atoms with Gasteiger partial charge < -0.3 is 0 Å². The van der Waals surface area contributed by atoms with Crippen molar-refractivity contribution in [1.29, 1.82) is 0 Å². The molecule has 12 heavy (non-hydrogen) atoms. The molecule has 68 valence electrons. The van der Waals surface area contributed by atoms with E-state index in [4.69, 9.17) is 11.6 Å². The van der Waals surface area contributed by atoms with E-state index in [9.17, 15) is 0 Å². The van der Waals surface area contributed by atoms with Crippen molar-refractivity contribution in [3.05, 3.63) is 18.0 Å². The summed E-state index contributed by atoms with van der Waals surface area (Å²) in [7, 11) is 0. The summed E-state index contributed by atoms with van der Waals surface area (Å²) in [6, 6.07) is 0. The molecule has 0 aliphatic heterocycles. The number of aromatic nitrogens is 2. The van der Waals surface area contributed by atoms with Crippen LogP contribution in [0.25, 0.3) is 0 Å². The minimum atomic E-state index is 0.0698. The predicted octanol–water partition coefficient (Wildman–Crippen LogP) is 2.98. The zero-order valence-corrected chi connectivity index (χ0v) is 8.38. The molecule has 1 aromatic rings. The number of hydrogen-bond donors (Lipinski definition) is 0. The zero-order valence-electron chi connectivity index (χ0n) is 7.63. The molecule has 1 heterocycles. The third kappa shape index (κ3) is 2.52. The van der Waals surface area contributed by atoms with Gasteiger partial charge in [-0.3, -0.25) is 4.68 Å². The van der Waals surface area contributed by atoms with Crippen molar-refractivity contribution in [1.82, 2.24) is 9.78 Å². The van der Waals surface area contributed by atoms with Gasteiger partial charge in [0.2, 0.25) is 0 Å². The first-order chi connectivity index (χ1) is 5.74. The second kappa shape index (κ2) is 4.51. The van der Waals surface area contributed by atoms with Crippen LogP contribution >= 0.6 is 11.6 Å². The Morgan fingerprint density at radius 2 is 2.42 bits per heavy atom. The number of rotatable bonds is 4. The van der Waals surface area contributed by atoms with Gasteiger partial charge in [-0.2, -0.15) is 5.10 Å². The highest BCUT2D eigenvalue weighted by Gasteiger charge is 2.03. The van der Waals surface area contributed by atoms with E-state index in [1.54, 1.807) is 0 Å². The van der Waals surface area contributed by atoms with Gasteiger partial charge in [0.25, 0.3) is 0 Å². The standard InChI is InChI=1S/C9H15ClN2/c1-3-4-5-12-7-9(6-11-12)8(2)10/h6-8H,3-5H2,1-2H3. The Bertz CT molecular complexity index is 230. The lowest BCUT2D eigenvalue weighted by Gasteiger charge is -1.98. The van der Waals surface area contributed by atoms with Gasteiger partial charge in [0.1, 0.15) is 0 Å². The number of aryl methyl sites for hydroxylation is 1. The molecule has 0 N–H and O–H groups in total. The molecule has 1 aromatic heterocycles. The number of unbranched alkanes of at least 4 members (excludes halogenated alkanes) is 1. The molecule has 0 bridgehead atoms. The second-order valence-corrected chi connectivity index (χ2v) is 3.66. The first kappa shape index (κ1) is 9.59. The third-order valence-corrected chi connectivity index (χ3v) is 2.11. The van der Waals surface area contributed by atoms with E-state index in [0.29, 0.717) is 0 Å². The molecule has 0 aliphatic rings. The summed E-state index contributed by atoms with van der Waals surface area (Å²) < 4.78 is 1.96. The van der Waals surface area contributed by atoms with Crippen LogP contribution < -0.4 is 0 Å². The highest BCUT2D eigenvalue weighted by Crippen LogP contribution is 2.17. The van der Waals surface area contributed by atoms with Crippen LogP contribution in [0.5, 0.6) is 0 Å². The van der Waals surface area contributed by atoms with Gasteiger partial charge in [-0.1, -0.05) is 13.3 Å². The van der Waals surface area contributed by atoms with Gasteiger partial charge in [-0.05, 0) is 13.3 Å². The van der Waals surface area contributed by atoms with Crippen LogP contribution in [-0.2, 0) is 6.54 Å². The summed E-state index contributed by atoms with van der Waals surface area (Å²) in [5, 5.41) is 4.28. The molecule has 0 radical (unpaired) electrons. The van der Waals surface area contributed by atoms with Gasteiger partial charge in [0, 0.05) is 18.3 Å². The number of halogens is 1. The van der Waals surface area contributed by atoms with Crippen molar-refractivity contribution in [2.75, 3.05) is 0 Å². The molecule has 0 aliphatic carbocycles. The maximum atomic E-state index is 5.90. The van der Waals surface area contributed by atoms with Crippen LogP contribution in [0.1, 0.15) is 37.6 Å². The fraction of sp³-hybridized carbons (Fsp3) is 0.667. The van der Waals surface area contributed by atoms with Gasteiger partial charge in [-0.25, -0.2) is 0 Å². The van der Waals surface area contributed by atoms with Gasteiger partial charge >= 0.3 is 0 Å². The highest BCUT2D eigenvalue weighted by molar-refractivity contribution is 6.20. The van der Waals surface area contributed by atoms with Crippen molar-refractivity contribution in [3.8, 4) is 0 Å². The van der Waals surface area contributed by atoms with E-state index in [2.05, 4.69) is 12.0 Å². The lowest BCUT2D eigenvalue weighted by molar-refractivity contribution is 0.571. The average molecular weight is 187 g/mol.